The van der Waals surface area contributed by atoms with E-state index in [1.807, 2.05) is 24.1 Å². The van der Waals surface area contributed by atoms with E-state index in [-0.39, 0.29) is 17.8 Å². The summed E-state index contributed by atoms with van der Waals surface area (Å²) >= 11 is 0. The van der Waals surface area contributed by atoms with Gasteiger partial charge in [-0.15, -0.1) is 0 Å². The van der Waals surface area contributed by atoms with Gasteiger partial charge in [-0.3, -0.25) is 14.6 Å². The Hall–Kier alpha value is -1.50. The first kappa shape index (κ1) is 19.3. The van der Waals surface area contributed by atoms with Gasteiger partial charge in [0.15, 0.2) is 0 Å². The third-order valence-corrected chi connectivity index (χ3v) is 5.51. The number of carbonyl (C=O) groups is 1. The lowest BCUT2D eigenvalue weighted by Crippen LogP contribution is -2.50. The van der Waals surface area contributed by atoms with Gasteiger partial charge in [0, 0.05) is 45.9 Å². The van der Waals surface area contributed by atoms with Gasteiger partial charge in [0.25, 0.3) is 0 Å². The predicted octanol–water partition coefficient (Wildman–Crippen LogP) is 1.83. The summed E-state index contributed by atoms with van der Waals surface area (Å²) in [4.78, 5) is 19.4. The lowest BCUT2D eigenvalue weighted by atomic mass is 9.95. The van der Waals surface area contributed by atoms with Crippen molar-refractivity contribution in [1.29, 1.82) is 0 Å². The van der Waals surface area contributed by atoms with Gasteiger partial charge >= 0.3 is 0 Å². The number of methoxy groups -OCH3 is 1. The molecule has 1 amide bonds. The summed E-state index contributed by atoms with van der Waals surface area (Å²) in [7, 11) is 3.65. The van der Waals surface area contributed by atoms with E-state index in [1.165, 1.54) is 18.6 Å². The van der Waals surface area contributed by atoms with Gasteiger partial charge in [0.05, 0.1) is 13.2 Å². The van der Waals surface area contributed by atoms with Crippen LogP contribution in [0.5, 0.6) is 0 Å². The Morgan fingerprint density at radius 3 is 2.73 bits per heavy atom. The second-order valence-electron chi connectivity index (χ2n) is 7.69. The molecule has 0 spiro atoms. The zero-order chi connectivity index (χ0) is 18.5. The number of likely N-dealkylation sites (N-methyl/N-ethyl adjacent to an activating group) is 1. The largest absolute Gasteiger partial charge is 0.383 e. The number of hydrogen-bond acceptors (Lipinski definition) is 4. The van der Waals surface area contributed by atoms with Crippen LogP contribution in [0.4, 0.5) is 4.39 Å². The number of benzene rings is 1. The molecular weight excluding hydrogens is 333 g/mol. The van der Waals surface area contributed by atoms with Crippen LogP contribution in [0, 0.1) is 11.7 Å². The maximum atomic E-state index is 13.1. The SMILES string of the molecule is COCCN(C)CC(=O)N1C[C@@H]2CC[C@H]1CN(Cc1ccc(F)cc1)C2. The minimum absolute atomic E-state index is 0.195. The molecule has 3 aliphatic heterocycles. The highest BCUT2D eigenvalue weighted by molar-refractivity contribution is 5.78. The number of halogens is 1. The maximum absolute atomic E-state index is 13.1. The lowest BCUT2D eigenvalue weighted by molar-refractivity contribution is -0.136. The molecule has 3 saturated heterocycles. The molecule has 6 heteroatoms. The zero-order valence-electron chi connectivity index (χ0n) is 15.9. The van der Waals surface area contributed by atoms with Crippen LogP contribution in [0.25, 0.3) is 0 Å². The molecule has 0 unspecified atom stereocenters. The molecule has 1 aromatic rings. The van der Waals surface area contributed by atoms with Crippen LogP contribution < -0.4 is 0 Å². The summed E-state index contributed by atoms with van der Waals surface area (Å²) < 4.78 is 18.2. The molecule has 1 aromatic carbocycles. The molecular formula is C20H30FN3O2. The van der Waals surface area contributed by atoms with Gasteiger partial charge < -0.3 is 9.64 Å². The first-order chi connectivity index (χ1) is 12.5. The minimum atomic E-state index is -0.195. The average Bonchev–Trinajstić information content (AvgIpc) is 2.92. The quantitative estimate of drug-likeness (QED) is 0.741. The van der Waals surface area contributed by atoms with Crippen LogP contribution in [-0.4, -0.2) is 80.1 Å². The summed E-state index contributed by atoms with van der Waals surface area (Å²) in [6, 6.07) is 7.05. The normalized spacial score (nSPS) is 23.5. The summed E-state index contributed by atoms with van der Waals surface area (Å²) in [6.07, 6.45) is 2.27. The van der Waals surface area contributed by atoms with Gasteiger partial charge in [-0.25, -0.2) is 4.39 Å². The van der Waals surface area contributed by atoms with E-state index in [2.05, 4.69) is 9.80 Å². The molecule has 3 fully saturated rings. The molecule has 5 nitrogen and oxygen atoms in total. The molecule has 0 aromatic heterocycles. The third kappa shape index (κ3) is 5.02. The highest BCUT2D eigenvalue weighted by Gasteiger charge is 2.37. The zero-order valence-corrected chi connectivity index (χ0v) is 15.9. The Balaban J connectivity index is 1.58. The second kappa shape index (κ2) is 8.93. The molecule has 0 N–H and O–H groups in total. The van der Waals surface area contributed by atoms with Crippen LogP contribution in [0.3, 0.4) is 0 Å². The minimum Gasteiger partial charge on any atom is -0.383 e. The Kier molecular flexibility index (Phi) is 6.62. The average molecular weight is 363 g/mol. The lowest BCUT2D eigenvalue weighted by Gasteiger charge is -2.37. The van der Waals surface area contributed by atoms with E-state index in [4.69, 9.17) is 4.74 Å². The van der Waals surface area contributed by atoms with E-state index < -0.39 is 0 Å². The summed E-state index contributed by atoms with van der Waals surface area (Å²) in [5.41, 5.74) is 1.13. The number of carbonyl (C=O) groups excluding carboxylic acids is 1. The van der Waals surface area contributed by atoms with Crippen molar-refractivity contribution in [2.45, 2.75) is 25.4 Å². The van der Waals surface area contributed by atoms with Gasteiger partial charge in [0.1, 0.15) is 5.82 Å². The molecule has 4 rings (SSSR count). The van der Waals surface area contributed by atoms with Crippen molar-refractivity contribution in [2.75, 3.05) is 53.5 Å². The first-order valence-electron chi connectivity index (χ1n) is 9.49. The topological polar surface area (TPSA) is 36.0 Å². The summed E-state index contributed by atoms with van der Waals surface area (Å²) in [5.74, 6) is 0.559. The molecule has 0 radical (unpaired) electrons. The van der Waals surface area contributed by atoms with E-state index in [0.29, 0.717) is 19.1 Å². The number of piperidine rings is 1. The molecule has 26 heavy (non-hydrogen) atoms. The first-order valence-corrected chi connectivity index (χ1v) is 9.49. The van der Waals surface area contributed by atoms with Crippen molar-refractivity contribution in [3.8, 4) is 0 Å². The van der Waals surface area contributed by atoms with E-state index in [9.17, 15) is 9.18 Å². The van der Waals surface area contributed by atoms with Crippen LogP contribution in [0.15, 0.2) is 24.3 Å². The molecule has 3 heterocycles. The molecule has 2 bridgehead atoms. The number of nitrogens with zero attached hydrogens (tertiary/aromatic N) is 3. The van der Waals surface area contributed by atoms with Crippen LogP contribution in [0.2, 0.25) is 0 Å². The van der Waals surface area contributed by atoms with Gasteiger partial charge in [0.2, 0.25) is 5.91 Å². The molecule has 2 atom stereocenters. The van der Waals surface area contributed by atoms with Crippen LogP contribution in [-0.2, 0) is 16.1 Å². The highest BCUT2D eigenvalue weighted by atomic mass is 19.1. The van der Waals surface area contributed by atoms with Crippen molar-refractivity contribution < 1.29 is 13.9 Å². The Labute approximate surface area is 155 Å². The van der Waals surface area contributed by atoms with Crippen molar-refractivity contribution in [2.24, 2.45) is 5.92 Å². The molecule has 144 valence electrons. The number of ether oxygens (including phenoxy) is 1. The number of hydrogen-bond donors (Lipinski definition) is 0. The van der Waals surface area contributed by atoms with E-state index in [1.54, 1.807) is 7.11 Å². The third-order valence-electron chi connectivity index (χ3n) is 5.51. The fourth-order valence-electron chi connectivity index (χ4n) is 4.11. The smallest absolute Gasteiger partial charge is 0.237 e. The highest BCUT2D eigenvalue weighted by Crippen LogP contribution is 2.29. The van der Waals surface area contributed by atoms with Gasteiger partial charge in [-0.2, -0.15) is 0 Å². The fraction of sp³-hybridized carbons (Fsp3) is 0.650. The molecule has 0 aliphatic carbocycles. The van der Waals surface area contributed by atoms with E-state index in [0.717, 1.165) is 44.7 Å². The van der Waals surface area contributed by atoms with E-state index >= 15 is 0 Å². The van der Waals surface area contributed by atoms with Gasteiger partial charge in [-0.1, -0.05) is 12.1 Å². The Bertz CT molecular complexity index is 595. The number of rotatable bonds is 7. The van der Waals surface area contributed by atoms with Crippen molar-refractivity contribution >= 4 is 5.91 Å². The number of amides is 1. The van der Waals surface area contributed by atoms with Crippen molar-refractivity contribution in [3.05, 3.63) is 35.6 Å². The molecule has 0 saturated carbocycles. The Morgan fingerprint density at radius 1 is 1.23 bits per heavy atom. The number of fused-ring (bicyclic) bond motifs is 4. The van der Waals surface area contributed by atoms with Crippen molar-refractivity contribution in [3.63, 3.8) is 0 Å². The second-order valence-corrected chi connectivity index (χ2v) is 7.69. The summed E-state index contributed by atoms with van der Waals surface area (Å²) in [5, 5.41) is 0. The fourth-order valence-corrected chi connectivity index (χ4v) is 4.11. The van der Waals surface area contributed by atoms with Crippen LogP contribution >= 0.6 is 0 Å². The van der Waals surface area contributed by atoms with Crippen molar-refractivity contribution in [1.82, 2.24) is 14.7 Å². The van der Waals surface area contributed by atoms with Crippen LogP contribution in [0.1, 0.15) is 18.4 Å². The standard InChI is InChI=1S/C20H30FN3O2/c1-22(9-10-26-2)15-20(25)24-13-17-5-8-19(24)14-23(12-17)11-16-3-6-18(21)7-4-16/h3-4,6-7,17,19H,5,8-15H2,1-2H3/t17-,19+/m1/s1. The monoisotopic (exact) mass is 363 g/mol. The predicted molar refractivity (Wildman–Crippen MR) is 99.3 cm³/mol. The Morgan fingerprint density at radius 2 is 2.00 bits per heavy atom. The van der Waals surface area contributed by atoms with Gasteiger partial charge in [-0.05, 0) is 43.5 Å². The maximum Gasteiger partial charge on any atom is 0.237 e. The summed E-state index contributed by atoms with van der Waals surface area (Å²) in [6.45, 7) is 5.45. The molecule has 3 aliphatic rings.